The number of nitrogens with zero attached hydrogens (tertiary/aromatic N) is 1. The molecular formula is C9H4ClF4N. The lowest BCUT2D eigenvalue weighted by Gasteiger charge is -2.08. The third-order valence-corrected chi connectivity index (χ3v) is 2.13. The largest absolute Gasteiger partial charge is 0.203 e. The van der Waals surface area contributed by atoms with Crippen LogP contribution in [0.25, 0.3) is 0 Å². The van der Waals surface area contributed by atoms with E-state index in [1.165, 1.54) is 6.07 Å². The van der Waals surface area contributed by atoms with Gasteiger partial charge in [-0.2, -0.15) is 5.26 Å². The molecule has 15 heavy (non-hydrogen) atoms. The van der Waals surface area contributed by atoms with Crippen LogP contribution in [0.3, 0.4) is 0 Å². The van der Waals surface area contributed by atoms with Crippen molar-refractivity contribution >= 4 is 11.6 Å². The molecule has 0 N–H and O–H groups in total. The molecule has 0 bridgehead atoms. The van der Waals surface area contributed by atoms with E-state index in [2.05, 4.69) is 0 Å². The predicted octanol–water partition coefficient (Wildman–Crippen LogP) is 3.05. The number of halogens is 5. The van der Waals surface area contributed by atoms with Crippen LogP contribution in [0, 0.1) is 34.6 Å². The van der Waals surface area contributed by atoms with Crippen molar-refractivity contribution in [1.29, 1.82) is 5.26 Å². The molecule has 0 aliphatic heterocycles. The minimum absolute atomic E-state index is 0.519. The molecule has 0 amide bonds. The van der Waals surface area contributed by atoms with Gasteiger partial charge in [0.25, 0.3) is 0 Å². The van der Waals surface area contributed by atoms with Crippen molar-refractivity contribution in [2.75, 3.05) is 0 Å². The van der Waals surface area contributed by atoms with E-state index in [4.69, 9.17) is 16.9 Å². The molecule has 1 aromatic rings. The molecule has 0 fully saturated rings. The second-order valence-corrected chi connectivity index (χ2v) is 2.95. The van der Waals surface area contributed by atoms with Gasteiger partial charge in [-0.15, -0.1) is 11.6 Å². The fraction of sp³-hybridized carbons (Fsp3) is 0.222. The first-order chi connectivity index (χ1) is 7.04. The molecule has 0 aromatic heterocycles. The number of hydrogen-bond donors (Lipinski definition) is 0. The summed E-state index contributed by atoms with van der Waals surface area (Å²) in [6, 6.07) is 1.52. The summed E-state index contributed by atoms with van der Waals surface area (Å²) in [5, 5.41) is 8.32. The monoisotopic (exact) mass is 237 g/mol. The molecule has 0 saturated carbocycles. The van der Waals surface area contributed by atoms with Crippen molar-refractivity contribution in [1.82, 2.24) is 0 Å². The van der Waals surface area contributed by atoms with Crippen LogP contribution in [0.2, 0.25) is 0 Å². The Morgan fingerprint density at radius 2 is 1.40 bits per heavy atom. The summed E-state index contributed by atoms with van der Waals surface area (Å²) in [6.45, 7) is 0. The van der Waals surface area contributed by atoms with Crippen molar-refractivity contribution in [2.24, 2.45) is 0 Å². The average Bonchev–Trinajstić information content (AvgIpc) is 2.24. The zero-order valence-electron chi connectivity index (χ0n) is 7.25. The van der Waals surface area contributed by atoms with Gasteiger partial charge in [0.15, 0.2) is 23.3 Å². The van der Waals surface area contributed by atoms with E-state index in [9.17, 15) is 17.6 Å². The topological polar surface area (TPSA) is 23.8 Å². The highest BCUT2D eigenvalue weighted by Crippen LogP contribution is 2.25. The molecule has 0 saturated heterocycles. The smallest absolute Gasteiger partial charge is 0.197 e. The van der Waals surface area contributed by atoms with Gasteiger partial charge in [-0.25, -0.2) is 17.6 Å². The Morgan fingerprint density at radius 3 is 1.80 bits per heavy atom. The predicted molar refractivity (Wildman–Crippen MR) is 45.1 cm³/mol. The zero-order valence-corrected chi connectivity index (χ0v) is 8.01. The van der Waals surface area contributed by atoms with Gasteiger partial charge in [0.2, 0.25) is 0 Å². The number of rotatable bonds is 2. The second-order valence-electron chi connectivity index (χ2n) is 2.68. The van der Waals surface area contributed by atoms with E-state index in [0.29, 0.717) is 0 Å². The van der Waals surface area contributed by atoms with E-state index in [0.717, 1.165) is 0 Å². The minimum atomic E-state index is -1.92. The van der Waals surface area contributed by atoms with Crippen molar-refractivity contribution in [3.63, 3.8) is 0 Å². The highest BCUT2D eigenvalue weighted by atomic mass is 35.5. The molecule has 6 heteroatoms. The van der Waals surface area contributed by atoms with Gasteiger partial charge >= 0.3 is 0 Å². The molecule has 0 aliphatic carbocycles. The van der Waals surface area contributed by atoms with Crippen molar-refractivity contribution in [3.05, 3.63) is 34.4 Å². The quantitative estimate of drug-likeness (QED) is 0.336. The van der Waals surface area contributed by atoms with E-state index < -0.39 is 46.7 Å². The molecule has 1 rings (SSSR count). The van der Waals surface area contributed by atoms with Gasteiger partial charge in [-0.3, -0.25) is 0 Å². The molecule has 0 radical (unpaired) electrons. The van der Waals surface area contributed by atoms with E-state index >= 15 is 0 Å². The van der Waals surface area contributed by atoms with Crippen LogP contribution in [0.1, 0.15) is 11.1 Å². The van der Waals surface area contributed by atoms with Crippen LogP contribution < -0.4 is 0 Å². The number of benzene rings is 1. The van der Waals surface area contributed by atoms with Crippen LogP contribution in [-0.4, -0.2) is 0 Å². The van der Waals surface area contributed by atoms with Crippen LogP contribution in [0.5, 0.6) is 0 Å². The second kappa shape index (κ2) is 4.49. The first-order valence-corrected chi connectivity index (χ1v) is 4.34. The molecule has 1 aromatic carbocycles. The maximum absolute atomic E-state index is 13.1. The Labute approximate surface area is 87.9 Å². The van der Waals surface area contributed by atoms with Crippen molar-refractivity contribution < 1.29 is 17.6 Å². The first kappa shape index (κ1) is 11.8. The molecule has 0 spiro atoms. The Hall–Kier alpha value is -1.28. The summed E-state index contributed by atoms with van der Waals surface area (Å²) in [6.07, 6.45) is -0.567. The fourth-order valence-electron chi connectivity index (χ4n) is 1.13. The van der Waals surface area contributed by atoms with Crippen molar-refractivity contribution in [2.45, 2.75) is 12.3 Å². The molecule has 1 nitrogen and oxygen atoms in total. The maximum Gasteiger partial charge on any atom is 0.197 e. The Morgan fingerprint density at radius 1 is 0.933 bits per heavy atom. The summed E-state index contributed by atoms with van der Waals surface area (Å²) in [5.41, 5.74) is -1.06. The van der Waals surface area contributed by atoms with Crippen LogP contribution >= 0.6 is 11.6 Å². The standard InChI is InChI=1S/C9H4ClF4N/c10-3-5-4(1-2-15)6(11)8(13)9(14)7(5)12/h1,3H2. The van der Waals surface area contributed by atoms with Crippen LogP contribution in [-0.2, 0) is 12.3 Å². The number of nitriles is 1. The van der Waals surface area contributed by atoms with Gasteiger partial charge in [-0.05, 0) is 0 Å². The average molecular weight is 238 g/mol. The van der Waals surface area contributed by atoms with E-state index in [-0.39, 0.29) is 0 Å². The third-order valence-electron chi connectivity index (χ3n) is 1.86. The van der Waals surface area contributed by atoms with Gasteiger partial charge in [0.05, 0.1) is 18.4 Å². The number of alkyl halides is 1. The Balaban J connectivity index is 3.56. The number of hydrogen-bond acceptors (Lipinski definition) is 1. The molecule has 0 unspecified atom stereocenters. The molecule has 0 heterocycles. The lowest BCUT2D eigenvalue weighted by Crippen LogP contribution is -2.07. The molecular weight excluding hydrogens is 234 g/mol. The van der Waals surface area contributed by atoms with Gasteiger partial charge in [0, 0.05) is 11.1 Å². The molecule has 0 atom stereocenters. The fourth-order valence-corrected chi connectivity index (χ4v) is 1.40. The van der Waals surface area contributed by atoms with Crippen LogP contribution in [0.15, 0.2) is 0 Å². The van der Waals surface area contributed by atoms with E-state index in [1.54, 1.807) is 0 Å². The lowest BCUT2D eigenvalue weighted by molar-refractivity contribution is 0.401. The lowest BCUT2D eigenvalue weighted by atomic mass is 10.0. The van der Waals surface area contributed by atoms with Gasteiger partial charge in [0.1, 0.15) is 0 Å². The Bertz CT molecular complexity index is 439. The maximum atomic E-state index is 13.1. The highest BCUT2D eigenvalue weighted by Gasteiger charge is 2.24. The summed E-state index contributed by atoms with van der Waals surface area (Å²) >= 11 is 5.26. The van der Waals surface area contributed by atoms with Crippen LogP contribution in [0.4, 0.5) is 17.6 Å². The summed E-state index contributed by atoms with van der Waals surface area (Å²) in [5.74, 6) is -7.48. The van der Waals surface area contributed by atoms with E-state index in [1.807, 2.05) is 0 Å². The Kier molecular flexibility index (Phi) is 3.53. The minimum Gasteiger partial charge on any atom is -0.203 e. The van der Waals surface area contributed by atoms with Gasteiger partial charge < -0.3 is 0 Å². The summed E-state index contributed by atoms with van der Waals surface area (Å²) < 4.78 is 51.6. The SMILES string of the molecule is N#CCc1c(F)c(F)c(F)c(F)c1CCl. The summed E-state index contributed by atoms with van der Waals surface area (Å²) in [7, 11) is 0. The highest BCUT2D eigenvalue weighted by molar-refractivity contribution is 6.17. The molecule has 80 valence electrons. The third kappa shape index (κ3) is 1.90. The van der Waals surface area contributed by atoms with Crippen molar-refractivity contribution in [3.8, 4) is 6.07 Å². The normalized spacial score (nSPS) is 10.1. The van der Waals surface area contributed by atoms with Gasteiger partial charge in [-0.1, -0.05) is 0 Å². The zero-order chi connectivity index (χ0) is 11.6. The summed E-state index contributed by atoms with van der Waals surface area (Å²) in [4.78, 5) is 0. The molecule has 0 aliphatic rings. The first-order valence-electron chi connectivity index (χ1n) is 3.81.